The van der Waals surface area contributed by atoms with Gasteiger partial charge < -0.3 is 5.73 Å². The number of hydrogen-bond donors (Lipinski definition) is 1. The standard InChI is InChI=1S/C13H17ClN2O2S3/c1-2-9-8-16(5-6-20-9)21(17,18)10-3-4-11(13(15)19)12(14)7-10/h3-4,7,9H,2,5-6,8H2,1H3,(H2,15,19). The van der Waals surface area contributed by atoms with Crippen molar-refractivity contribution < 1.29 is 8.42 Å². The van der Waals surface area contributed by atoms with Crippen LogP contribution in [0.5, 0.6) is 0 Å². The highest BCUT2D eigenvalue weighted by molar-refractivity contribution is 8.00. The van der Waals surface area contributed by atoms with Crippen LogP contribution in [0.25, 0.3) is 0 Å². The zero-order chi connectivity index (χ0) is 15.6. The van der Waals surface area contributed by atoms with Gasteiger partial charge in [-0.2, -0.15) is 16.1 Å². The monoisotopic (exact) mass is 364 g/mol. The largest absolute Gasteiger partial charge is 0.389 e. The second kappa shape index (κ2) is 6.83. The van der Waals surface area contributed by atoms with Gasteiger partial charge in [0.1, 0.15) is 4.99 Å². The molecule has 4 nitrogen and oxygen atoms in total. The Morgan fingerprint density at radius 2 is 2.29 bits per heavy atom. The lowest BCUT2D eigenvalue weighted by molar-refractivity contribution is 0.416. The normalized spacial score (nSPS) is 20.4. The smallest absolute Gasteiger partial charge is 0.243 e. The summed E-state index contributed by atoms with van der Waals surface area (Å²) in [7, 11) is -3.52. The summed E-state index contributed by atoms with van der Waals surface area (Å²) in [6.07, 6.45) is 0.956. The quantitative estimate of drug-likeness (QED) is 0.831. The van der Waals surface area contributed by atoms with E-state index in [0.717, 1.165) is 12.2 Å². The van der Waals surface area contributed by atoms with Crippen LogP contribution in [-0.4, -0.2) is 41.8 Å². The summed E-state index contributed by atoms with van der Waals surface area (Å²) in [5.74, 6) is 0.816. The first-order valence-electron chi connectivity index (χ1n) is 6.57. The molecule has 21 heavy (non-hydrogen) atoms. The highest BCUT2D eigenvalue weighted by Gasteiger charge is 2.30. The average Bonchev–Trinajstić information content (AvgIpc) is 2.46. The molecule has 2 N–H and O–H groups in total. The molecular weight excluding hydrogens is 348 g/mol. The highest BCUT2D eigenvalue weighted by atomic mass is 35.5. The molecule has 8 heteroatoms. The Morgan fingerprint density at radius 3 is 2.86 bits per heavy atom. The topological polar surface area (TPSA) is 63.4 Å². The van der Waals surface area contributed by atoms with Gasteiger partial charge in [-0.3, -0.25) is 0 Å². The molecule has 1 atom stereocenters. The van der Waals surface area contributed by atoms with E-state index in [-0.39, 0.29) is 14.9 Å². The van der Waals surface area contributed by atoms with Gasteiger partial charge in [-0.15, -0.1) is 0 Å². The van der Waals surface area contributed by atoms with E-state index in [1.807, 2.05) is 11.8 Å². The van der Waals surface area contributed by atoms with E-state index in [1.54, 1.807) is 6.07 Å². The predicted molar refractivity (Wildman–Crippen MR) is 92.6 cm³/mol. The summed E-state index contributed by atoms with van der Waals surface area (Å²) in [6, 6.07) is 4.50. The summed E-state index contributed by atoms with van der Waals surface area (Å²) >= 11 is 12.8. The van der Waals surface area contributed by atoms with Crippen LogP contribution >= 0.6 is 35.6 Å². The van der Waals surface area contributed by atoms with Crippen LogP contribution in [0.4, 0.5) is 0 Å². The van der Waals surface area contributed by atoms with Gasteiger partial charge in [-0.05, 0) is 24.6 Å². The Hall–Kier alpha value is -0.340. The lowest BCUT2D eigenvalue weighted by Crippen LogP contribution is -2.41. The van der Waals surface area contributed by atoms with Crippen molar-refractivity contribution in [3.8, 4) is 0 Å². The number of halogens is 1. The maximum atomic E-state index is 12.7. The SMILES string of the molecule is CCC1CN(S(=O)(=O)c2ccc(C(N)=S)c(Cl)c2)CCS1. The average molecular weight is 365 g/mol. The second-order valence-corrected chi connectivity index (χ2v) is 8.96. The van der Waals surface area contributed by atoms with Crippen molar-refractivity contribution in [1.82, 2.24) is 4.31 Å². The van der Waals surface area contributed by atoms with Crippen LogP contribution in [-0.2, 0) is 10.0 Å². The van der Waals surface area contributed by atoms with Gasteiger partial charge in [-0.25, -0.2) is 8.42 Å². The van der Waals surface area contributed by atoms with E-state index in [9.17, 15) is 8.42 Å². The number of thiocarbonyl (C=S) groups is 1. The Kier molecular flexibility index (Phi) is 5.54. The molecule has 0 radical (unpaired) electrons. The molecule has 0 saturated carbocycles. The van der Waals surface area contributed by atoms with Gasteiger partial charge >= 0.3 is 0 Å². The second-order valence-electron chi connectivity index (χ2n) is 4.77. The van der Waals surface area contributed by atoms with Crippen molar-refractivity contribution in [3.63, 3.8) is 0 Å². The molecule has 0 bridgehead atoms. The van der Waals surface area contributed by atoms with Crippen molar-refractivity contribution in [2.45, 2.75) is 23.5 Å². The van der Waals surface area contributed by atoms with Gasteiger partial charge in [0, 0.05) is 29.7 Å². The molecule has 1 fully saturated rings. The fraction of sp³-hybridized carbons (Fsp3) is 0.462. The summed E-state index contributed by atoms with van der Waals surface area (Å²) < 4.78 is 26.9. The molecule has 1 aliphatic rings. The lowest BCUT2D eigenvalue weighted by atomic mass is 10.2. The van der Waals surface area contributed by atoms with Gasteiger partial charge in [0.25, 0.3) is 0 Å². The molecule has 0 amide bonds. The zero-order valence-electron chi connectivity index (χ0n) is 11.6. The van der Waals surface area contributed by atoms with Crippen LogP contribution in [0.3, 0.4) is 0 Å². The molecule has 0 aromatic heterocycles. The molecular formula is C13H17ClN2O2S3. The minimum atomic E-state index is -3.52. The summed E-state index contributed by atoms with van der Waals surface area (Å²) in [5, 5.41) is 0.613. The molecule has 0 aliphatic carbocycles. The summed E-state index contributed by atoms with van der Waals surface area (Å²) in [4.78, 5) is 0.346. The molecule has 1 saturated heterocycles. The Morgan fingerprint density at radius 1 is 1.57 bits per heavy atom. The molecule has 1 unspecified atom stereocenters. The zero-order valence-corrected chi connectivity index (χ0v) is 14.8. The van der Waals surface area contributed by atoms with E-state index in [0.29, 0.717) is 23.9 Å². The van der Waals surface area contributed by atoms with Crippen LogP contribution in [0.1, 0.15) is 18.9 Å². The first kappa shape index (κ1) is 17.0. The fourth-order valence-electron chi connectivity index (χ4n) is 2.16. The van der Waals surface area contributed by atoms with Crippen molar-refractivity contribution in [2.24, 2.45) is 5.73 Å². The molecule has 2 rings (SSSR count). The number of hydrogen-bond acceptors (Lipinski definition) is 4. The molecule has 1 aromatic rings. The maximum absolute atomic E-state index is 12.7. The van der Waals surface area contributed by atoms with E-state index in [2.05, 4.69) is 6.92 Å². The van der Waals surface area contributed by atoms with Crippen LogP contribution in [0.15, 0.2) is 23.1 Å². The number of sulfonamides is 1. The van der Waals surface area contributed by atoms with Crippen LogP contribution in [0, 0.1) is 0 Å². The maximum Gasteiger partial charge on any atom is 0.243 e. The number of nitrogens with zero attached hydrogens (tertiary/aromatic N) is 1. The molecule has 116 valence electrons. The highest BCUT2D eigenvalue weighted by Crippen LogP contribution is 2.28. The van der Waals surface area contributed by atoms with E-state index >= 15 is 0 Å². The first-order valence-corrected chi connectivity index (χ1v) is 9.85. The first-order chi connectivity index (χ1) is 9.86. The number of nitrogens with two attached hydrogens (primary N) is 1. The minimum Gasteiger partial charge on any atom is -0.389 e. The Labute approximate surface area is 140 Å². The van der Waals surface area contributed by atoms with Gasteiger partial charge in [-0.1, -0.05) is 30.7 Å². The summed E-state index contributed by atoms with van der Waals surface area (Å²) in [6.45, 7) is 3.14. The summed E-state index contributed by atoms with van der Waals surface area (Å²) in [5.41, 5.74) is 6.03. The van der Waals surface area contributed by atoms with E-state index in [1.165, 1.54) is 16.4 Å². The molecule has 1 heterocycles. The fourth-order valence-corrected chi connectivity index (χ4v) is 5.65. The minimum absolute atomic E-state index is 0.157. The van der Waals surface area contributed by atoms with Gasteiger partial charge in [0.2, 0.25) is 10.0 Å². The van der Waals surface area contributed by atoms with Crippen LogP contribution in [0.2, 0.25) is 5.02 Å². The van der Waals surface area contributed by atoms with Crippen LogP contribution < -0.4 is 5.73 Å². The van der Waals surface area contributed by atoms with Crippen molar-refractivity contribution in [3.05, 3.63) is 28.8 Å². The van der Waals surface area contributed by atoms with Gasteiger partial charge in [0.05, 0.1) is 9.92 Å². The van der Waals surface area contributed by atoms with Crippen molar-refractivity contribution in [2.75, 3.05) is 18.8 Å². The third-order valence-corrected chi connectivity index (χ3v) is 7.17. The number of thioether (sulfide) groups is 1. The molecule has 1 aromatic carbocycles. The predicted octanol–water partition coefficient (Wildman–Crippen LogP) is 2.49. The Bertz CT molecular complexity index is 649. The van der Waals surface area contributed by atoms with Gasteiger partial charge in [0.15, 0.2) is 0 Å². The lowest BCUT2D eigenvalue weighted by Gasteiger charge is -2.31. The van der Waals surface area contributed by atoms with Crippen molar-refractivity contribution in [1.29, 1.82) is 0 Å². The number of benzene rings is 1. The third-order valence-electron chi connectivity index (χ3n) is 3.40. The van der Waals surface area contributed by atoms with E-state index < -0.39 is 10.0 Å². The third kappa shape index (κ3) is 3.71. The van der Waals surface area contributed by atoms with Crippen molar-refractivity contribution >= 4 is 50.6 Å². The van der Waals surface area contributed by atoms with E-state index in [4.69, 9.17) is 29.6 Å². The molecule has 0 spiro atoms. The number of rotatable bonds is 4. The molecule has 1 aliphatic heterocycles. The Balaban J connectivity index is 2.31.